The molecule has 1 aromatic heterocycles. The molecule has 0 saturated carbocycles. The summed E-state index contributed by atoms with van der Waals surface area (Å²) in [7, 11) is 1.60. The molecule has 0 aliphatic heterocycles. The molecule has 0 bridgehead atoms. The van der Waals surface area contributed by atoms with E-state index in [1.807, 2.05) is 23.7 Å². The monoisotopic (exact) mass is 220 g/mol. The van der Waals surface area contributed by atoms with Crippen molar-refractivity contribution in [3.8, 4) is 5.75 Å². The second-order valence-corrected chi connectivity index (χ2v) is 3.92. The van der Waals surface area contributed by atoms with Crippen LogP contribution in [0.25, 0.3) is 10.9 Å². The van der Waals surface area contributed by atoms with Crippen LogP contribution in [0.2, 0.25) is 0 Å². The highest BCUT2D eigenvalue weighted by molar-refractivity contribution is 5.92. The number of nitrogens with zero attached hydrogens (tertiary/aromatic N) is 2. The number of nitrogen functional groups attached to an aromatic ring is 1. The molecular formula is C11H16N4O. The van der Waals surface area contributed by atoms with Crippen molar-refractivity contribution in [3.63, 3.8) is 0 Å². The molecule has 16 heavy (non-hydrogen) atoms. The normalized spacial score (nSPS) is 12.9. The van der Waals surface area contributed by atoms with Gasteiger partial charge in [-0.2, -0.15) is 5.10 Å². The van der Waals surface area contributed by atoms with Crippen LogP contribution >= 0.6 is 0 Å². The number of nitrogens with two attached hydrogens (primary N) is 2. The lowest BCUT2D eigenvalue weighted by molar-refractivity contribution is 0.417. The summed E-state index contributed by atoms with van der Waals surface area (Å²) in [5, 5.41) is 5.27. The van der Waals surface area contributed by atoms with Crippen molar-refractivity contribution in [2.75, 3.05) is 12.8 Å². The predicted octanol–water partition coefficient (Wildman–Crippen LogP) is 0.974. The van der Waals surface area contributed by atoms with Crippen LogP contribution in [0.15, 0.2) is 18.3 Å². The molecule has 0 radical (unpaired) electrons. The molecule has 0 unspecified atom stereocenters. The Bertz CT molecular complexity index is 504. The van der Waals surface area contributed by atoms with Crippen LogP contribution in [-0.4, -0.2) is 22.9 Å². The van der Waals surface area contributed by atoms with Gasteiger partial charge >= 0.3 is 0 Å². The van der Waals surface area contributed by atoms with E-state index in [2.05, 4.69) is 5.10 Å². The summed E-state index contributed by atoms with van der Waals surface area (Å²) >= 11 is 0. The fourth-order valence-electron chi connectivity index (χ4n) is 1.78. The van der Waals surface area contributed by atoms with Gasteiger partial charge in [0.2, 0.25) is 0 Å². The first-order valence-electron chi connectivity index (χ1n) is 5.17. The number of hydrogen-bond acceptors (Lipinski definition) is 4. The Kier molecular flexibility index (Phi) is 2.70. The molecule has 2 rings (SSSR count). The Morgan fingerprint density at radius 2 is 2.25 bits per heavy atom. The van der Waals surface area contributed by atoms with Gasteiger partial charge in [0.25, 0.3) is 0 Å². The summed E-state index contributed by atoms with van der Waals surface area (Å²) in [6, 6.07) is 3.82. The minimum absolute atomic E-state index is 0.0358. The van der Waals surface area contributed by atoms with Crippen molar-refractivity contribution in [1.29, 1.82) is 0 Å². The Morgan fingerprint density at radius 3 is 2.88 bits per heavy atom. The number of benzene rings is 1. The van der Waals surface area contributed by atoms with Gasteiger partial charge in [0.1, 0.15) is 11.4 Å². The number of anilines is 1. The topological polar surface area (TPSA) is 79.1 Å². The molecule has 1 heterocycles. The zero-order valence-electron chi connectivity index (χ0n) is 9.47. The molecule has 0 saturated heterocycles. The molecule has 1 atom stereocenters. The van der Waals surface area contributed by atoms with Crippen molar-refractivity contribution in [2.24, 2.45) is 5.73 Å². The Morgan fingerprint density at radius 1 is 1.50 bits per heavy atom. The van der Waals surface area contributed by atoms with Gasteiger partial charge in [0.15, 0.2) is 0 Å². The fraction of sp³-hybridized carbons (Fsp3) is 0.364. The molecule has 2 aromatic rings. The largest absolute Gasteiger partial charge is 0.495 e. The highest BCUT2D eigenvalue weighted by Gasteiger charge is 2.11. The maximum Gasteiger partial charge on any atom is 0.144 e. The Hall–Kier alpha value is -1.75. The van der Waals surface area contributed by atoms with Crippen molar-refractivity contribution in [1.82, 2.24) is 9.78 Å². The Balaban J connectivity index is 2.59. The van der Waals surface area contributed by atoms with Crippen LogP contribution < -0.4 is 16.2 Å². The van der Waals surface area contributed by atoms with E-state index in [-0.39, 0.29) is 6.04 Å². The Labute approximate surface area is 94.0 Å². The van der Waals surface area contributed by atoms with Crippen LogP contribution in [0.4, 0.5) is 5.69 Å². The van der Waals surface area contributed by atoms with Crippen molar-refractivity contribution in [3.05, 3.63) is 18.3 Å². The zero-order chi connectivity index (χ0) is 11.7. The van der Waals surface area contributed by atoms with Crippen molar-refractivity contribution in [2.45, 2.75) is 19.5 Å². The summed E-state index contributed by atoms with van der Waals surface area (Å²) in [6.45, 7) is 2.57. The molecule has 0 amide bonds. The molecule has 4 N–H and O–H groups in total. The first-order chi connectivity index (χ1) is 7.63. The van der Waals surface area contributed by atoms with E-state index >= 15 is 0 Å². The van der Waals surface area contributed by atoms with Crippen LogP contribution in [0.3, 0.4) is 0 Å². The van der Waals surface area contributed by atoms with E-state index in [4.69, 9.17) is 16.2 Å². The number of rotatable bonds is 3. The van der Waals surface area contributed by atoms with Gasteiger partial charge in [0.05, 0.1) is 25.4 Å². The lowest BCUT2D eigenvalue weighted by Gasteiger charge is -2.10. The van der Waals surface area contributed by atoms with Gasteiger partial charge in [-0.05, 0) is 19.1 Å². The summed E-state index contributed by atoms with van der Waals surface area (Å²) in [5.41, 5.74) is 13.3. The van der Waals surface area contributed by atoms with Crippen LogP contribution in [0, 0.1) is 0 Å². The molecule has 0 fully saturated rings. The molecule has 86 valence electrons. The van der Waals surface area contributed by atoms with Gasteiger partial charge in [0, 0.05) is 11.4 Å². The lowest BCUT2D eigenvalue weighted by Crippen LogP contribution is -2.22. The van der Waals surface area contributed by atoms with Crippen molar-refractivity contribution >= 4 is 16.6 Å². The first kappa shape index (κ1) is 10.8. The average Bonchev–Trinajstić information content (AvgIpc) is 2.62. The number of hydrogen-bond donors (Lipinski definition) is 2. The smallest absolute Gasteiger partial charge is 0.144 e. The molecule has 5 heteroatoms. The summed E-state index contributed by atoms with van der Waals surface area (Å²) < 4.78 is 7.00. The SMILES string of the molecule is COc1ccc2cnn(C[C@H](C)N)c2c1N. The second-order valence-electron chi connectivity index (χ2n) is 3.92. The average molecular weight is 220 g/mol. The van der Waals surface area contributed by atoms with E-state index in [1.165, 1.54) is 0 Å². The van der Waals surface area contributed by atoms with Gasteiger partial charge in [-0.1, -0.05) is 0 Å². The lowest BCUT2D eigenvalue weighted by atomic mass is 10.2. The molecule has 0 aliphatic rings. The van der Waals surface area contributed by atoms with E-state index in [1.54, 1.807) is 13.3 Å². The van der Waals surface area contributed by atoms with E-state index in [0.717, 1.165) is 10.9 Å². The van der Waals surface area contributed by atoms with Gasteiger partial charge < -0.3 is 16.2 Å². The number of ether oxygens (including phenoxy) is 1. The van der Waals surface area contributed by atoms with Crippen LogP contribution in [0.5, 0.6) is 5.75 Å². The van der Waals surface area contributed by atoms with E-state index < -0.39 is 0 Å². The van der Waals surface area contributed by atoms with Gasteiger partial charge in [-0.3, -0.25) is 4.68 Å². The van der Waals surface area contributed by atoms with E-state index in [9.17, 15) is 0 Å². The van der Waals surface area contributed by atoms with Gasteiger partial charge in [-0.25, -0.2) is 0 Å². The minimum Gasteiger partial charge on any atom is -0.495 e. The quantitative estimate of drug-likeness (QED) is 0.755. The third-order valence-corrected chi connectivity index (χ3v) is 2.48. The zero-order valence-corrected chi connectivity index (χ0v) is 9.47. The second kappa shape index (κ2) is 4.02. The third kappa shape index (κ3) is 1.69. The first-order valence-corrected chi connectivity index (χ1v) is 5.17. The molecular weight excluding hydrogens is 204 g/mol. The predicted molar refractivity (Wildman–Crippen MR) is 64.3 cm³/mol. The standard InChI is InChI=1S/C11H16N4O/c1-7(12)6-15-11-8(5-14-15)3-4-9(16-2)10(11)13/h3-5,7H,6,12-13H2,1-2H3/t7-/m0/s1. The fourth-order valence-corrected chi connectivity index (χ4v) is 1.78. The summed E-state index contributed by atoms with van der Waals surface area (Å²) in [6.07, 6.45) is 1.79. The molecule has 5 nitrogen and oxygen atoms in total. The number of methoxy groups -OCH3 is 1. The molecule has 1 aromatic carbocycles. The van der Waals surface area contributed by atoms with Crippen LogP contribution in [-0.2, 0) is 6.54 Å². The van der Waals surface area contributed by atoms with Gasteiger partial charge in [-0.15, -0.1) is 0 Å². The van der Waals surface area contributed by atoms with Crippen LogP contribution in [0.1, 0.15) is 6.92 Å². The third-order valence-electron chi connectivity index (χ3n) is 2.48. The summed E-state index contributed by atoms with van der Waals surface area (Å²) in [5.74, 6) is 0.666. The van der Waals surface area contributed by atoms with Crippen molar-refractivity contribution < 1.29 is 4.74 Å². The molecule has 0 spiro atoms. The number of aromatic nitrogens is 2. The number of fused-ring (bicyclic) bond motifs is 1. The highest BCUT2D eigenvalue weighted by atomic mass is 16.5. The maximum absolute atomic E-state index is 6.02. The highest BCUT2D eigenvalue weighted by Crippen LogP contribution is 2.30. The van der Waals surface area contributed by atoms with E-state index in [0.29, 0.717) is 18.0 Å². The summed E-state index contributed by atoms with van der Waals surface area (Å²) in [4.78, 5) is 0. The molecule has 0 aliphatic carbocycles. The maximum atomic E-state index is 6.02. The minimum atomic E-state index is 0.0358.